The molecule has 0 aliphatic rings. The van der Waals surface area contributed by atoms with Crippen molar-refractivity contribution in [3.8, 4) is 0 Å². The van der Waals surface area contributed by atoms with E-state index in [2.05, 4.69) is 0 Å². The largest absolute Gasteiger partial charge is 3.00 e. The smallest absolute Gasteiger partial charge is 0.550 e. The van der Waals surface area contributed by atoms with Gasteiger partial charge in [-0.05, 0) is 20.8 Å². The van der Waals surface area contributed by atoms with Crippen molar-refractivity contribution in [1.29, 1.82) is 0 Å². The Balaban J connectivity index is -0.0000000270. The Morgan fingerprint density at radius 3 is 0.714 bits per heavy atom. The van der Waals surface area contributed by atoms with Crippen LogP contribution < -0.4 is 21.5 Å². The van der Waals surface area contributed by atoms with Gasteiger partial charge in [0.2, 0.25) is 0 Å². The second-order valence-electron chi connectivity index (χ2n) is 1.47. The zero-order valence-corrected chi connectivity index (χ0v) is 9.63. The quantitative estimate of drug-likeness (QED) is 0.453. The molecule has 0 aromatic rings. The maximum absolute atomic E-state index is 8.89. The summed E-state index contributed by atoms with van der Waals surface area (Å²) in [4.78, 5) is 26.7. The van der Waals surface area contributed by atoms with Gasteiger partial charge in [-0.1, -0.05) is 0 Å². The molecule has 0 fully saturated rings. The van der Waals surface area contributed by atoms with Crippen molar-refractivity contribution >= 4 is 17.9 Å². The van der Waals surface area contributed by atoms with Crippen LogP contribution in [0.15, 0.2) is 0 Å². The van der Waals surface area contributed by atoms with E-state index in [1.54, 1.807) is 0 Å². The predicted octanol–water partition coefficient (Wildman–Crippen LogP) is -3.57. The van der Waals surface area contributed by atoms with Crippen LogP contribution in [0.3, 0.4) is 0 Å². The van der Waals surface area contributed by atoms with Crippen LogP contribution in [-0.2, 0) is 33.9 Å². The molecule has 7 nitrogen and oxygen atoms in total. The Labute approximate surface area is 94.5 Å². The zero-order chi connectivity index (χ0) is 10.7. The van der Waals surface area contributed by atoms with Crippen LogP contribution >= 0.6 is 0 Å². The number of aliphatic carboxylic acids is 3. The van der Waals surface area contributed by atoms with Crippen LogP contribution in [0.5, 0.6) is 0 Å². The van der Waals surface area contributed by atoms with Gasteiger partial charge in [0.25, 0.3) is 0 Å². The van der Waals surface area contributed by atoms with Crippen molar-refractivity contribution in [2.75, 3.05) is 0 Å². The summed E-state index contributed by atoms with van der Waals surface area (Å²) < 4.78 is 0. The summed E-state index contributed by atoms with van der Waals surface area (Å²) in [5.74, 6) is -3.25. The average Bonchev–Trinajstić information content (AvgIpc) is 1.54. The molecule has 0 heterocycles. The van der Waals surface area contributed by atoms with E-state index < -0.39 is 17.9 Å². The predicted molar refractivity (Wildman–Crippen MR) is 37.1 cm³/mol. The number of carbonyl (C=O) groups excluding carboxylic acids is 3. The summed E-state index contributed by atoms with van der Waals surface area (Å²) in [6, 6.07) is 0. The Bertz CT molecular complexity index is 120. The fourth-order valence-electron chi connectivity index (χ4n) is 0. The van der Waals surface area contributed by atoms with E-state index in [9.17, 15) is 0 Å². The van der Waals surface area contributed by atoms with E-state index in [1.807, 2.05) is 0 Å². The van der Waals surface area contributed by atoms with Crippen LogP contribution in [0.25, 0.3) is 0 Å². The third-order valence-electron chi connectivity index (χ3n) is 0. The summed E-state index contributed by atoms with van der Waals surface area (Å²) in [6.45, 7) is 2.92. The maximum atomic E-state index is 8.89. The van der Waals surface area contributed by atoms with Crippen LogP contribution in [0.4, 0.5) is 0 Å². The Hall–Kier alpha value is -1.01. The molecule has 0 unspecified atom stereocenters. The molecule has 0 aliphatic heterocycles. The number of carboxylic acids is 3. The first-order chi connectivity index (χ1) is 5.20. The third kappa shape index (κ3) is 1080. The molecule has 0 amide bonds. The van der Waals surface area contributed by atoms with E-state index in [1.165, 1.54) is 0 Å². The number of rotatable bonds is 0. The summed E-state index contributed by atoms with van der Waals surface area (Å²) in [5.41, 5.74) is 0. The summed E-state index contributed by atoms with van der Waals surface area (Å²) in [5, 5.41) is 26.7. The van der Waals surface area contributed by atoms with Gasteiger partial charge in [0.15, 0.2) is 0 Å². The van der Waals surface area contributed by atoms with Gasteiger partial charge >= 0.3 is 19.5 Å². The number of hydrogen-bond donors (Lipinski definition) is 1. The van der Waals surface area contributed by atoms with Crippen molar-refractivity contribution in [3.63, 3.8) is 0 Å². The van der Waals surface area contributed by atoms with Crippen molar-refractivity contribution in [2.45, 2.75) is 20.8 Å². The molecular formula is C6H12NO6Rh. The molecule has 0 saturated carbocycles. The maximum Gasteiger partial charge on any atom is 3.00 e. The van der Waals surface area contributed by atoms with Gasteiger partial charge in [-0.25, -0.2) is 0 Å². The minimum absolute atomic E-state index is 0. The molecule has 0 saturated heterocycles. The summed E-state index contributed by atoms with van der Waals surface area (Å²) in [6.07, 6.45) is 0. The van der Waals surface area contributed by atoms with E-state index in [-0.39, 0.29) is 25.6 Å². The van der Waals surface area contributed by atoms with Crippen LogP contribution in [0.1, 0.15) is 20.8 Å². The molecule has 3 N–H and O–H groups in total. The molecule has 0 bridgehead atoms. The average molecular weight is 297 g/mol. The fraction of sp³-hybridized carbons (Fsp3) is 0.500. The van der Waals surface area contributed by atoms with E-state index in [0.29, 0.717) is 0 Å². The van der Waals surface area contributed by atoms with Crippen molar-refractivity contribution in [2.24, 2.45) is 0 Å². The van der Waals surface area contributed by atoms with Crippen LogP contribution in [-0.4, -0.2) is 17.9 Å². The van der Waals surface area contributed by atoms with Crippen molar-refractivity contribution in [3.05, 3.63) is 0 Å². The van der Waals surface area contributed by atoms with Gasteiger partial charge in [-0.2, -0.15) is 0 Å². The van der Waals surface area contributed by atoms with Gasteiger partial charge in [0, 0.05) is 17.9 Å². The number of carboxylic acid groups (broad SMARTS) is 3. The van der Waals surface area contributed by atoms with Gasteiger partial charge in [-0.15, -0.1) is 0 Å². The first-order valence-corrected chi connectivity index (χ1v) is 2.72. The third-order valence-corrected chi connectivity index (χ3v) is 0. The second kappa shape index (κ2) is 22.7. The van der Waals surface area contributed by atoms with Gasteiger partial charge < -0.3 is 35.9 Å². The number of hydrogen-bond acceptors (Lipinski definition) is 7. The molecule has 14 heavy (non-hydrogen) atoms. The molecule has 0 aromatic heterocycles. The van der Waals surface area contributed by atoms with E-state index in [4.69, 9.17) is 29.7 Å². The first kappa shape index (κ1) is 29.3. The molecule has 86 valence electrons. The Morgan fingerprint density at radius 2 is 0.714 bits per heavy atom. The van der Waals surface area contributed by atoms with E-state index in [0.717, 1.165) is 20.8 Å². The molecule has 0 spiro atoms. The van der Waals surface area contributed by atoms with Crippen molar-refractivity contribution < 1.29 is 49.2 Å². The zero-order valence-electron chi connectivity index (χ0n) is 7.99. The Morgan fingerprint density at radius 1 is 0.714 bits per heavy atom. The van der Waals surface area contributed by atoms with Crippen molar-refractivity contribution in [1.82, 2.24) is 6.15 Å². The van der Waals surface area contributed by atoms with Gasteiger partial charge in [0.05, 0.1) is 0 Å². The number of carbonyl (C=O) groups is 3. The van der Waals surface area contributed by atoms with Crippen LogP contribution in [0, 0.1) is 0 Å². The molecule has 8 heteroatoms. The molecule has 0 rings (SSSR count). The minimum atomic E-state index is -1.08. The van der Waals surface area contributed by atoms with E-state index >= 15 is 0 Å². The first-order valence-electron chi connectivity index (χ1n) is 2.72. The van der Waals surface area contributed by atoms with Gasteiger partial charge in [0.1, 0.15) is 0 Å². The molecule has 0 radical (unpaired) electrons. The second-order valence-corrected chi connectivity index (χ2v) is 1.47. The fourth-order valence-corrected chi connectivity index (χ4v) is 0. The standard InChI is InChI=1S/3C2H4O2.H3N.Rh/c3*1-2(3)4;;/h3*1H3,(H,3,4);1H3;/q;;;;+3/p-3. The summed E-state index contributed by atoms with van der Waals surface area (Å²) in [7, 11) is 0. The van der Waals surface area contributed by atoms with Gasteiger partial charge in [-0.3, -0.25) is 0 Å². The molecule has 0 aromatic carbocycles. The molecule has 0 atom stereocenters. The monoisotopic (exact) mass is 297 g/mol. The molecular weight excluding hydrogens is 285 g/mol. The van der Waals surface area contributed by atoms with Crippen LogP contribution in [0.2, 0.25) is 0 Å². The topological polar surface area (TPSA) is 155 Å². The normalized spacial score (nSPS) is 5.36. The summed E-state index contributed by atoms with van der Waals surface area (Å²) >= 11 is 0. The Kier molecular flexibility index (Phi) is 47.4. The SMILES string of the molecule is CC(=O)[O-].CC(=O)[O-].CC(=O)[O-].N.[Rh+3]. The minimum Gasteiger partial charge on any atom is -0.550 e. The molecule has 0 aliphatic carbocycles.